The van der Waals surface area contributed by atoms with Crippen molar-refractivity contribution in [2.75, 3.05) is 11.5 Å². The van der Waals surface area contributed by atoms with Crippen LogP contribution in [-0.4, -0.2) is 22.7 Å². The maximum absolute atomic E-state index is 13.1. The number of para-hydroxylation sites is 1. The van der Waals surface area contributed by atoms with Gasteiger partial charge in [-0.3, -0.25) is 0 Å². The topological polar surface area (TPSA) is 78.4 Å². The summed E-state index contributed by atoms with van der Waals surface area (Å²) in [5.41, 5.74) is 1.42. The average Bonchev–Trinajstić information content (AvgIpc) is 3.36. The lowest BCUT2D eigenvalue weighted by Gasteiger charge is -2.29. The van der Waals surface area contributed by atoms with Gasteiger partial charge in [0, 0.05) is 23.4 Å². The van der Waals surface area contributed by atoms with E-state index in [1.165, 1.54) is 12.1 Å². The monoisotopic (exact) mass is 414 g/mol. The van der Waals surface area contributed by atoms with Crippen LogP contribution >= 0.6 is 0 Å². The van der Waals surface area contributed by atoms with Crippen molar-refractivity contribution in [1.82, 2.24) is 0 Å². The van der Waals surface area contributed by atoms with Crippen molar-refractivity contribution in [2.24, 2.45) is 4.99 Å². The summed E-state index contributed by atoms with van der Waals surface area (Å²) < 4.78 is 50.4. The molecule has 2 N–H and O–H groups in total. The van der Waals surface area contributed by atoms with Crippen molar-refractivity contribution in [1.29, 1.82) is 0 Å². The molecule has 0 fully saturated rings. The Morgan fingerprint density at radius 3 is 2.60 bits per heavy atom. The number of hydrogen-bond acceptors (Lipinski definition) is 6. The van der Waals surface area contributed by atoms with Crippen LogP contribution in [0.15, 0.2) is 51.9 Å². The third-order valence-corrected chi connectivity index (χ3v) is 5.87. The van der Waals surface area contributed by atoms with Gasteiger partial charge in [-0.15, -0.1) is 0 Å². The van der Waals surface area contributed by atoms with E-state index in [0.717, 1.165) is 17.3 Å². The van der Waals surface area contributed by atoms with Crippen LogP contribution < -0.4 is 9.64 Å². The summed E-state index contributed by atoms with van der Waals surface area (Å²) in [6, 6.07) is 11.1. The lowest BCUT2D eigenvalue weighted by molar-refractivity contribution is -0.153. The van der Waals surface area contributed by atoms with Crippen LogP contribution in [-0.2, 0) is 18.1 Å². The number of halogens is 3. The summed E-state index contributed by atoms with van der Waals surface area (Å²) in [4.78, 5) is 6.38. The number of anilines is 1. The highest BCUT2D eigenvalue weighted by Crippen LogP contribution is 2.56. The van der Waals surface area contributed by atoms with Crippen molar-refractivity contribution >= 4 is 17.2 Å². The molecular weight excluding hydrogens is 401 g/mol. The van der Waals surface area contributed by atoms with Crippen molar-refractivity contribution < 1.29 is 32.5 Å². The third kappa shape index (κ3) is 2.01. The summed E-state index contributed by atoms with van der Waals surface area (Å²) in [5, 5.41) is 20.0. The Hall–Kier alpha value is -3.62. The number of rotatable bonds is 0. The molecule has 0 radical (unpaired) electrons. The number of amidine groups is 1. The van der Waals surface area contributed by atoms with Gasteiger partial charge in [-0.25, -0.2) is 4.99 Å². The average molecular weight is 414 g/mol. The van der Waals surface area contributed by atoms with E-state index >= 15 is 0 Å². The summed E-state index contributed by atoms with van der Waals surface area (Å²) in [7, 11) is 0. The van der Waals surface area contributed by atoms with Gasteiger partial charge in [0.2, 0.25) is 5.76 Å². The molecule has 0 aliphatic carbocycles. The molecule has 1 aromatic heterocycles. The zero-order chi connectivity index (χ0) is 20.8. The van der Waals surface area contributed by atoms with Crippen molar-refractivity contribution in [2.45, 2.75) is 18.1 Å². The second-order valence-corrected chi connectivity index (χ2v) is 7.49. The summed E-state index contributed by atoms with van der Waals surface area (Å²) in [6.45, 7) is 0.222. The highest BCUT2D eigenvalue weighted by molar-refractivity contribution is 6.16. The number of aliphatic imine (C=N–C) groups is 1. The lowest BCUT2D eigenvalue weighted by atomic mass is 9.76. The molecule has 0 amide bonds. The van der Waals surface area contributed by atoms with Gasteiger partial charge in [0.1, 0.15) is 35.1 Å². The van der Waals surface area contributed by atoms with Gasteiger partial charge in [-0.2, -0.15) is 13.2 Å². The van der Waals surface area contributed by atoms with Crippen LogP contribution in [0.1, 0.15) is 22.6 Å². The van der Waals surface area contributed by atoms with Gasteiger partial charge < -0.3 is 24.3 Å². The molecule has 3 aromatic rings. The molecule has 6 nitrogen and oxygen atoms in total. The molecule has 3 aliphatic rings. The number of aromatic hydroxyl groups is 2. The molecule has 0 saturated carbocycles. The summed E-state index contributed by atoms with van der Waals surface area (Å²) >= 11 is 0. The zero-order valence-electron chi connectivity index (χ0n) is 15.2. The Morgan fingerprint density at radius 1 is 1.03 bits per heavy atom. The molecule has 30 heavy (non-hydrogen) atoms. The molecule has 0 saturated heterocycles. The molecule has 1 spiro atoms. The number of nitrogens with zero attached hydrogens (tertiary/aromatic N) is 2. The van der Waals surface area contributed by atoms with Gasteiger partial charge in [0.05, 0.1) is 6.54 Å². The van der Waals surface area contributed by atoms with E-state index in [9.17, 15) is 23.4 Å². The predicted octanol–water partition coefficient (Wildman–Crippen LogP) is 4.45. The standard InChI is InChI=1S/C21H13F3N2O4/c22-21(23,24)18-6-12-17(30-18)8-26-13-4-2-1-3-10(13)20(19(26)25-12)9-29-16-7-15(28)14(27)5-11(16)20/h1-7,27-28H,8-9H2. The summed E-state index contributed by atoms with van der Waals surface area (Å²) in [5.74, 6) is -0.703. The van der Waals surface area contributed by atoms with E-state index in [-0.39, 0.29) is 36.1 Å². The van der Waals surface area contributed by atoms with Crippen LogP contribution in [0.4, 0.5) is 24.5 Å². The van der Waals surface area contributed by atoms with Gasteiger partial charge in [0.15, 0.2) is 11.5 Å². The fourth-order valence-corrected chi connectivity index (χ4v) is 4.56. The molecular formula is C21H13F3N2O4. The first-order valence-corrected chi connectivity index (χ1v) is 9.14. The quantitative estimate of drug-likeness (QED) is 0.532. The van der Waals surface area contributed by atoms with Crippen LogP contribution in [0.5, 0.6) is 17.2 Å². The van der Waals surface area contributed by atoms with Gasteiger partial charge in [0.25, 0.3) is 0 Å². The summed E-state index contributed by atoms with van der Waals surface area (Å²) in [6.07, 6.45) is -4.61. The molecule has 1 atom stereocenters. The number of hydrogen-bond donors (Lipinski definition) is 2. The maximum Gasteiger partial charge on any atom is 0.449 e. The molecule has 6 rings (SSSR count). The fraction of sp³-hybridized carbons (Fsp3) is 0.190. The molecule has 1 unspecified atom stereocenters. The smallest absolute Gasteiger partial charge is 0.449 e. The normalized spacial score (nSPS) is 21.0. The molecule has 152 valence electrons. The van der Waals surface area contributed by atoms with E-state index in [1.54, 1.807) is 0 Å². The Kier molecular flexibility index (Phi) is 3.05. The van der Waals surface area contributed by atoms with E-state index in [4.69, 9.17) is 9.15 Å². The van der Waals surface area contributed by atoms with Crippen molar-refractivity contribution in [3.05, 3.63) is 65.1 Å². The number of ether oxygens (including phenoxy) is 1. The number of fused-ring (bicyclic) bond motifs is 8. The first-order chi connectivity index (χ1) is 14.3. The first-order valence-electron chi connectivity index (χ1n) is 9.14. The minimum atomic E-state index is -4.61. The molecule has 2 aromatic carbocycles. The number of alkyl halides is 3. The third-order valence-electron chi connectivity index (χ3n) is 5.87. The minimum Gasteiger partial charge on any atom is -0.504 e. The molecule has 3 aliphatic heterocycles. The van der Waals surface area contributed by atoms with Crippen molar-refractivity contribution in [3.63, 3.8) is 0 Å². The fourth-order valence-electron chi connectivity index (χ4n) is 4.56. The zero-order valence-corrected chi connectivity index (χ0v) is 15.2. The predicted molar refractivity (Wildman–Crippen MR) is 99.5 cm³/mol. The van der Waals surface area contributed by atoms with Crippen molar-refractivity contribution in [3.8, 4) is 17.2 Å². The van der Waals surface area contributed by atoms with Crippen LogP contribution in [0.25, 0.3) is 0 Å². The first kappa shape index (κ1) is 17.3. The van der Waals surface area contributed by atoms with Gasteiger partial charge in [-0.05, 0) is 17.7 Å². The van der Waals surface area contributed by atoms with E-state index in [2.05, 4.69) is 4.99 Å². The number of phenols is 2. The Morgan fingerprint density at radius 2 is 1.80 bits per heavy atom. The second-order valence-electron chi connectivity index (χ2n) is 7.49. The molecule has 4 heterocycles. The van der Waals surface area contributed by atoms with E-state index in [1.807, 2.05) is 29.2 Å². The number of phenolic OH excluding ortho intramolecular Hbond substituents is 2. The highest BCUT2D eigenvalue weighted by atomic mass is 19.4. The Bertz CT molecular complexity index is 1260. The second kappa shape index (κ2) is 5.29. The maximum atomic E-state index is 13.1. The van der Waals surface area contributed by atoms with Crippen LogP contribution in [0.3, 0.4) is 0 Å². The largest absolute Gasteiger partial charge is 0.504 e. The van der Waals surface area contributed by atoms with Gasteiger partial charge >= 0.3 is 6.18 Å². The Labute approximate surface area is 167 Å². The SMILES string of the molecule is Oc1cc2c(cc1O)C1(CO2)C2=Nc3cc(C(F)(F)F)oc3CN2c2ccccc21. The van der Waals surface area contributed by atoms with E-state index in [0.29, 0.717) is 17.1 Å². The number of furan rings is 1. The van der Waals surface area contributed by atoms with Crippen LogP contribution in [0, 0.1) is 0 Å². The van der Waals surface area contributed by atoms with Crippen LogP contribution in [0.2, 0.25) is 0 Å². The minimum absolute atomic E-state index is 0.0857. The highest BCUT2D eigenvalue weighted by Gasteiger charge is 2.56. The van der Waals surface area contributed by atoms with Gasteiger partial charge in [-0.1, -0.05) is 18.2 Å². The lowest BCUT2D eigenvalue weighted by Crippen LogP contribution is -2.43. The number of benzene rings is 2. The molecule has 0 bridgehead atoms. The molecule has 9 heteroatoms. The van der Waals surface area contributed by atoms with E-state index < -0.39 is 17.4 Å². The Balaban J connectivity index is 1.62.